The van der Waals surface area contributed by atoms with Gasteiger partial charge in [-0.3, -0.25) is 10.6 Å². The number of nitrogen functional groups attached to an aromatic ring is 1. The topological polar surface area (TPSA) is 88.4 Å². The number of hydrazine groups is 1. The van der Waals surface area contributed by atoms with Gasteiger partial charge in [-0.25, -0.2) is 0 Å². The second-order valence-electron chi connectivity index (χ2n) is 4.46. The van der Waals surface area contributed by atoms with E-state index in [1.54, 1.807) is 43.4 Å². The minimum Gasteiger partial charge on any atom is -0.495 e. The first-order valence-corrected chi connectivity index (χ1v) is 6.90. The second kappa shape index (κ2) is 7.02. The fourth-order valence-corrected chi connectivity index (χ4v) is 2.22. The van der Waals surface area contributed by atoms with Crippen LogP contribution in [0.25, 0.3) is 0 Å². The molecule has 1 amide bonds. The lowest BCUT2D eigenvalue weighted by atomic mass is 10.1. The second-order valence-corrected chi connectivity index (χ2v) is 4.87. The van der Waals surface area contributed by atoms with Crippen LogP contribution in [0.15, 0.2) is 36.4 Å². The van der Waals surface area contributed by atoms with Crippen molar-refractivity contribution in [1.29, 1.82) is 0 Å². The van der Waals surface area contributed by atoms with Crippen molar-refractivity contribution in [2.75, 3.05) is 30.2 Å². The molecule has 2 aromatic rings. The summed E-state index contributed by atoms with van der Waals surface area (Å²) in [5, 5.41) is 6.18. The molecule has 6 nitrogen and oxygen atoms in total. The van der Waals surface area contributed by atoms with Crippen LogP contribution in [0.5, 0.6) is 5.75 Å². The number of anilines is 3. The number of carbonyl (C=O) groups is 1. The normalized spacial score (nSPS) is 10.0. The van der Waals surface area contributed by atoms with Crippen molar-refractivity contribution in [2.45, 2.75) is 0 Å². The highest BCUT2D eigenvalue weighted by Crippen LogP contribution is 2.28. The van der Waals surface area contributed by atoms with Crippen molar-refractivity contribution in [3.8, 4) is 5.75 Å². The van der Waals surface area contributed by atoms with Gasteiger partial charge in [0.25, 0.3) is 5.91 Å². The van der Waals surface area contributed by atoms with E-state index in [-0.39, 0.29) is 5.91 Å². The van der Waals surface area contributed by atoms with Crippen molar-refractivity contribution in [3.05, 3.63) is 47.0 Å². The van der Waals surface area contributed by atoms with Gasteiger partial charge < -0.3 is 20.8 Å². The molecule has 0 spiro atoms. The molecule has 0 unspecified atom stereocenters. The van der Waals surface area contributed by atoms with Crippen molar-refractivity contribution in [2.24, 2.45) is 5.84 Å². The highest BCUT2D eigenvalue weighted by Gasteiger charge is 2.10. The molecule has 0 aliphatic carbocycles. The first-order chi connectivity index (χ1) is 10.6. The Morgan fingerprint density at radius 1 is 1.18 bits per heavy atom. The van der Waals surface area contributed by atoms with Crippen LogP contribution < -0.4 is 26.6 Å². The average Bonchev–Trinajstić information content (AvgIpc) is 2.54. The molecule has 0 aliphatic heterocycles. The molecule has 0 saturated heterocycles. The number of amides is 1. The highest BCUT2D eigenvalue weighted by atomic mass is 35.5. The summed E-state index contributed by atoms with van der Waals surface area (Å²) in [7, 11) is 3.28. The van der Waals surface area contributed by atoms with Crippen LogP contribution in [-0.2, 0) is 0 Å². The van der Waals surface area contributed by atoms with Crippen molar-refractivity contribution >= 4 is 34.6 Å². The van der Waals surface area contributed by atoms with E-state index in [1.807, 2.05) is 0 Å². The van der Waals surface area contributed by atoms with E-state index in [1.165, 1.54) is 7.11 Å². The van der Waals surface area contributed by atoms with E-state index in [4.69, 9.17) is 22.2 Å². The minimum atomic E-state index is -0.249. The van der Waals surface area contributed by atoms with Crippen LogP contribution in [0.3, 0.4) is 0 Å². The summed E-state index contributed by atoms with van der Waals surface area (Å²) >= 11 is 6.04. The Kier molecular flexibility index (Phi) is 5.08. The summed E-state index contributed by atoms with van der Waals surface area (Å²) in [6, 6.07) is 10.1. The maximum Gasteiger partial charge on any atom is 0.255 e. The number of benzene rings is 2. The van der Waals surface area contributed by atoms with E-state index >= 15 is 0 Å². The molecule has 0 aliphatic rings. The van der Waals surface area contributed by atoms with Crippen LogP contribution in [-0.4, -0.2) is 20.1 Å². The number of ether oxygens (including phenoxy) is 1. The predicted molar refractivity (Wildman–Crippen MR) is 89.8 cm³/mol. The van der Waals surface area contributed by atoms with E-state index in [0.717, 1.165) is 5.69 Å². The number of carbonyl (C=O) groups excluding carboxylic acids is 1. The molecule has 2 aromatic carbocycles. The van der Waals surface area contributed by atoms with Crippen LogP contribution in [0, 0.1) is 0 Å². The number of nitrogens with two attached hydrogens (primary N) is 1. The number of rotatable bonds is 5. The van der Waals surface area contributed by atoms with Crippen molar-refractivity contribution in [1.82, 2.24) is 0 Å². The maximum absolute atomic E-state index is 12.3. The molecule has 0 radical (unpaired) electrons. The quantitative estimate of drug-likeness (QED) is 0.502. The third-order valence-electron chi connectivity index (χ3n) is 3.12. The summed E-state index contributed by atoms with van der Waals surface area (Å²) in [4.78, 5) is 12.3. The molecular formula is C15H17ClN4O2. The average molecular weight is 321 g/mol. The van der Waals surface area contributed by atoms with Crippen LogP contribution in [0.2, 0.25) is 5.02 Å². The fraction of sp³-hybridized carbons (Fsp3) is 0.133. The smallest absolute Gasteiger partial charge is 0.255 e. The molecule has 0 heterocycles. The van der Waals surface area contributed by atoms with Gasteiger partial charge in [-0.15, -0.1) is 0 Å². The molecule has 0 aromatic heterocycles. The Labute approximate surface area is 133 Å². The molecule has 0 fully saturated rings. The first kappa shape index (κ1) is 15.9. The van der Waals surface area contributed by atoms with Gasteiger partial charge in [0.2, 0.25) is 0 Å². The van der Waals surface area contributed by atoms with E-state index in [9.17, 15) is 4.79 Å². The standard InChI is InChI=1S/C15H17ClN4O2/c1-18-13-7-9(3-5-12(13)20-17)15(21)19-10-4-6-14(22-2)11(16)8-10/h3-8,18,20H,17H2,1-2H3,(H,19,21). The minimum absolute atomic E-state index is 0.249. The number of hydrogen-bond donors (Lipinski definition) is 4. The number of halogens is 1. The number of nitrogens with one attached hydrogen (secondary N) is 3. The van der Waals surface area contributed by atoms with Gasteiger partial charge in [0.15, 0.2) is 0 Å². The molecule has 5 N–H and O–H groups in total. The Balaban J connectivity index is 2.20. The summed E-state index contributed by atoms with van der Waals surface area (Å²) in [5.74, 6) is 5.71. The van der Waals surface area contributed by atoms with E-state index in [2.05, 4.69) is 16.1 Å². The molecular weight excluding hydrogens is 304 g/mol. The van der Waals surface area contributed by atoms with Crippen LogP contribution in [0.1, 0.15) is 10.4 Å². The zero-order chi connectivity index (χ0) is 16.1. The fourth-order valence-electron chi connectivity index (χ4n) is 1.97. The Hall–Kier alpha value is -2.44. The lowest BCUT2D eigenvalue weighted by molar-refractivity contribution is 0.102. The summed E-state index contributed by atoms with van der Waals surface area (Å²) in [6.45, 7) is 0. The zero-order valence-corrected chi connectivity index (χ0v) is 13.0. The van der Waals surface area contributed by atoms with Crippen molar-refractivity contribution in [3.63, 3.8) is 0 Å². The number of hydrogen-bond acceptors (Lipinski definition) is 5. The van der Waals surface area contributed by atoms with E-state index in [0.29, 0.717) is 27.7 Å². The summed E-state index contributed by atoms with van der Waals surface area (Å²) in [5.41, 5.74) is 5.06. The summed E-state index contributed by atoms with van der Waals surface area (Å²) in [6.07, 6.45) is 0. The molecule has 0 saturated carbocycles. The molecule has 22 heavy (non-hydrogen) atoms. The highest BCUT2D eigenvalue weighted by molar-refractivity contribution is 6.32. The largest absolute Gasteiger partial charge is 0.495 e. The van der Waals surface area contributed by atoms with Crippen LogP contribution in [0.4, 0.5) is 17.1 Å². The van der Waals surface area contributed by atoms with E-state index < -0.39 is 0 Å². The predicted octanol–water partition coefficient (Wildman–Crippen LogP) is 2.93. The van der Waals surface area contributed by atoms with Crippen molar-refractivity contribution < 1.29 is 9.53 Å². The number of methoxy groups -OCH3 is 1. The molecule has 116 valence electrons. The lowest BCUT2D eigenvalue weighted by Gasteiger charge is -2.11. The SMILES string of the molecule is CNc1cc(C(=O)Nc2ccc(OC)c(Cl)c2)ccc1NN. The van der Waals surface area contributed by atoms with Gasteiger partial charge in [-0.05, 0) is 36.4 Å². The van der Waals surface area contributed by atoms with Gasteiger partial charge in [-0.1, -0.05) is 11.6 Å². The summed E-state index contributed by atoms with van der Waals surface area (Å²) < 4.78 is 5.07. The Morgan fingerprint density at radius 3 is 2.55 bits per heavy atom. The Bertz CT molecular complexity index is 691. The Morgan fingerprint density at radius 2 is 1.95 bits per heavy atom. The van der Waals surface area contributed by atoms with Gasteiger partial charge in [0.05, 0.1) is 23.5 Å². The molecule has 0 atom stereocenters. The van der Waals surface area contributed by atoms with Gasteiger partial charge in [0.1, 0.15) is 5.75 Å². The third-order valence-corrected chi connectivity index (χ3v) is 3.41. The van der Waals surface area contributed by atoms with Gasteiger partial charge in [-0.2, -0.15) is 0 Å². The molecule has 0 bridgehead atoms. The first-order valence-electron chi connectivity index (χ1n) is 6.52. The third kappa shape index (κ3) is 3.41. The lowest BCUT2D eigenvalue weighted by Crippen LogP contribution is -2.14. The molecule has 7 heteroatoms. The monoisotopic (exact) mass is 320 g/mol. The molecule has 2 rings (SSSR count). The van der Waals surface area contributed by atoms with Crippen LogP contribution >= 0.6 is 11.6 Å². The van der Waals surface area contributed by atoms with Gasteiger partial charge >= 0.3 is 0 Å². The van der Waals surface area contributed by atoms with Gasteiger partial charge in [0, 0.05) is 18.3 Å². The zero-order valence-electron chi connectivity index (χ0n) is 12.2. The maximum atomic E-state index is 12.3.